The normalized spacial score (nSPS) is 15.9. The molecule has 0 unspecified atom stereocenters. The minimum Gasteiger partial charge on any atom is -0.477 e. The smallest absolute Gasteiger partial charge is 0.354 e. The molecular formula is C12H16N4O4. The Morgan fingerprint density at radius 1 is 1.40 bits per heavy atom. The standard InChI is InChI=1S/C12H16N4O4/c1-13-10(17)7-2-4-16(5-3-7)11(18)8-9(12(19)20)15-6-14-8/h6-7H,2-5H2,1H3,(H,13,17)(H,14,15)(H,19,20). The third kappa shape index (κ3) is 2.63. The summed E-state index contributed by atoms with van der Waals surface area (Å²) in [5, 5.41) is 11.5. The first kappa shape index (κ1) is 14.0. The number of piperidine rings is 1. The molecule has 0 aromatic carbocycles. The van der Waals surface area contributed by atoms with Crippen molar-refractivity contribution in [3.63, 3.8) is 0 Å². The van der Waals surface area contributed by atoms with Crippen LogP contribution >= 0.6 is 0 Å². The summed E-state index contributed by atoms with van der Waals surface area (Å²) in [6.07, 6.45) is 2.32. The number of aromatic nitrogens is 2. The summed E-state index contributed by atoms with van der Waals surface area (Å²) in [6.45, 7) is 0.839. The fourth-order valence-electron chi connectivity index (χ4n) is 2.32. The van der Waals surface area contributed by atoms with Crippen molar-refractivity contribution in [2.75, 3.05) is 20.1 Å². The van der Waals surface area contributed by atoms with E-state index in [0.717, 1.165) is 0 Å². The predicted molar refractivity (Wildman–Crippen MR) is 68.2 cm³/mol. The molecule has 1 aliphatic rings. The molecule has 2 heterocycles. The number of H-pyrrole nitrogens is 1. The van der Waals surface area contributed by atoms with Gasteiger partial charge in [0, 0.05) is 26.1 Å². The lowest BCUT2D eigenvalue weighted by molar-refractivity contribution is -0.125. The van der Waals surface area contributed by atoms with Crippen molar-refractivity contribution in [3.05, 3.63) is 17.7 Å². The zero-order valence-corrected chi connectivity index (χ0v) is 11.0. The van der Waals surface area contributed by atoms with Crippen LogP contribution in [0, 0.1) is 5.92 Å². The van der Waals surface area contributed by atoms with E-state index in [0.29, 0.717) is 25.9 Å². The van der Waals surface area contributed by atoms with E-state index in [1.54, 1.807) is 7.05 Å². The second kappa shape index (κ2) is 5.72. The number of nitrogens with zero attached hydrogens (tertiary/aromatic N) is 2. The first-order valence-electron chi connectivity index (χ1n) is 6.32. The predicted octanol–water partition coefficient (Wildman–Crippen LogP) is -0.294. The lowest BCUT2D eigenvalue weighted by atomic mass is 9.96. The molecule has 1 aliphatic heterocycles. The molecular weight excluding hydrogens is 264 g/mol. The van der Waals surface area contributed by atoms with Gasteiger partial charge in [0.05, 0.1) is 6.33 Å². The van der Waals surface area contributed by atoms with Crippen molar-refractivity contribution in [2.24, 2.45) is 5.92 Å². The molecule has 0 bridgehead atoms. The molecule has 2 rings (SSSR count). The molecule has 8 heteroatoms. The van der Waals surface area contributed by atoms with Crippen molar-refractivity contribution < 1.29 is 19.5 Å². The monoisotopic (exact) mass is 280 g/mol. The molecule has 0 radical (unpaired) electrons. The van der Waals surface area contributed by atoms with E-state index >= 15 is 0 Å². The van der Waals surface area contributed by atoms with Gasteiger partial charge < -0.3 is 20.3 Å². The Bertz CT molecular complexity index is 531. The van der Waals surface area contributed by atoms with Gasteiger partial charge in [0.1, 0.15) is 0 Å². The zero-order chi connectivity index (χ0) is 14.7. The number of likely N-dealkylation sites (tertiary alicyclic amines) is 1. The number of nitrogens with one attached hydrogen (secondary N) is 2. The molecule has 8 nitrogen and oxygen atoms in total. The van der Waals surface area contributed by atoms with Crippen molar-refractivity contribution in [3.8, 4) is 0 Å². The van der Waals surface area contributed by atoms with Crippen LogP contribution in [0.2, 0.25) is 0 Å². The number of aromatic amines is 1. The zero-order valence-electron chi connectivity index (χ0n) is 11.0. The second-order valence-electron chi connectivity index (χ2n) is 4.61. The van der Waals surface area contributed by atoms with Gasteiger partial charge in [-0.2, -0.15) is 0 Å². The number of carboxylic acids is 1. The van der Waals surface area contributed by atoms with Gasteiger partial charge >= 0.3 is 5.97 Å². The van der Waals surface area contributed by atoms with Gasteiger partial charge in [-0.3, -0.25) is 9.59 Å². The van der Waals surface area contributed by atoms with Gasteiger partial charge in [0.2, 0.25) is 5.91 Å². The minimum absolute atomic E-state index is 0.0249. The SMILES string of the molecule is CNC(=O)C1CCN(C(=O)c2nc[nH]c2C(=O)O)CC1. The molecule has 0 aliphatic carbocycles. The minimum atomic E-state index is -1.22. The first-order chi connectivity index (χ1) is 9.54. The Hall–Kier alpha value is -2.38. The summed E-state index contributed by atoms with van der Waals surface area (Å²) < 4.78 is 0. The van der Waals surface area contributed by atoms with E-state index in [-0.39, 0.29) is 23.2 Å². The average Bonchev–Trinajstić information content (AvgIpc) is 2.95. The van der Waals surface area contributed by atoms with Crippen molar-refractivity contribution in [1.29, 1.82) is 0 Å². The van der Waals surface area contributed by atoms with E-state index in [1.165, 1.54) is 11.2 Å². The number of carbonyl (C=O) groups is 3. The van der Waals surface area contributed by atoms with E-state index in [2.05, 4.69) is 15.3 Å². The highest BCUT2D eigenvalue weighted by Gasteiger charge is 2.30. The van der Waals surface area contributed by atoms with Crippen LogP contribution < -0.4 is 5.32 Å². The third-order valence-corrected chi connectivity index (χ3v) is 3.46. The number of hydrogen-bond donors (Lipinski definition) is 3. The fourth-order valence-corrected chi connectivity index (χ4v) is 2.32. The van der Waals surface area contributed by atoms with Gasteiger partial charge in [-0.1, -0.05) is 0 Å². The Morgan fingerprint density at radius 3 is 2.60 bits per heavy atom. The van der Waals surface area contributed by atoms with Gasteiger partial charge in [0.15, 0.2) is 11.4 Å². The lowest BCUT2D eigenvalue weighted by Gasteiger charge is -2.30. The number of rotatable bonds is 3. The molecule has 1 fully saturated rings. The molecule has 1 saturated heterocycles. The fraction of sp³-hybridized carbons (Fsp3) is 0.500. The molecule has 1 aromatic rings. The lowest BCUT2D eigenvalue weighted by Crippen LogP contribution is -2.42. The van der Waals surface area contributed by atoms with Gasteiger partial charge in [-0.05, 0) is 12.8 Å². The second-order valence-corrected chi connectivity index (χ2v) is 4.61. The Morgan fingerprint density at radius 2 is 2.05 bits per heavy atom. The molecule has 1 aromatic heterocycles. The third-order valence-electron chi connectivity index (χ3n) is 3.46. The largest absolute Gasteiger partial charge is 0.477 e. The Kier molecular flexibility index (Phi) is 4.02. The molecule has 2 amide bonds. The maximum atomic E-state index is 12.2. The highest BCUT2D eigenvalue weighted by molar-refractivity contribution is 6.02. The van der Waals surface area contributed by atoms with Crippen LogP contribution in [0.4, 0.5) is 0 Å². The highest BCUT2D eigenvalue weighted by atomic mass is 16.4. The highest BCUT2D eigenvalue weighted by Crippen LogP contribution is 2.19. The van der Waals surface area contributed by atoms with Crippen LogP contribution in [-0.2, 0) is 4.79 Å². The van der Waals surface area contributed by atoms with Gasteiger partial charge in [0.25, 0.3) is 5.91 Å². The van der Waals surface area contributed by atoms with Gasteiger partial charge in [-0.25, -0.2) is 9.78 Å². The van der Waals surface area contributed by atoms with Crippen LogP contribution in [0.15, 0.2) is 6.33 Å². The van der Waals surface area contributed by atoms with E-state index in [1.807, 2.05) is 0 Å². The number of carbonyl (C=O) groups excluding carboxylic acids is 2. The summed E-state index contributed by atoms with van der Waals surface area (Å²) in [6, 6.07) is 0. The maximum absolute atomic E-state index is 12.2. The first-order valence-corrected chi connectivity index (χ1v) is 6.32. The van der Waals surface area contributed by atoms with E-state index in [4.69, 9.17) is 5.11 Å². The summed E-state index contributed by atoms with van der Waals surface area (Å²) in [5.74, 6) is -1.75. The Labute approximate surface area is 115 Å². The van der Waals surface area contributed by atoms with E-state index in [9.17, 15) is 14.4 Å². The summed E-state index contributed by atoms with van der Waals surface area (Å²) in [5.41, 5.74) is -0.292. The number of carboxylic acid groups (broad SMARTS) is 1. The van der Waals surface area contributed by atoms with Gasteiger partial charge in [-0.15, -0.1) is 0 Å². The number of hydrogen-bond acceptors (Lipinski definition) is 4. The number of aromatic carboxylic acids is 1. The summed E-state index contributed by atoms with van der Waals surface area (Å²) >= 11 is 0. The van der Waals surface area contributed by atoms with E-state index < -0.39 is 11.9 Å². The molecule has 0 spiro atoms. The van der Waals surface area contributed by atoms with Crippen LogP contribution in [0.25, 0.3) is 0 Å². The summed E-state index contributed by atoms with van der Waals surface area (Å²) in [4.78, 5) is 42.4. The van der Waals surface area contributed by atoms with Crippen molar-refractivity contribution in [1.82, 2.24) is 20.2 Å². The molecule has 0 atom stereocenters. The molecule has 108 valence electrons. The number of imidazole rings is 1. The maximum Gasteiger partial charge on any atom is 0.354 e. The molecule has 0 saturated carbocycles. The van der Waals surface area contributed by atoms with Crippen molar-refractivity contribution in [2.45, 2.75) is 12.8 Å². The molecule has 20 heavy (non-hydrogen) atoms. The van der Waals surface area contributed by atoms with Crippen LogP contribution in [0.3, 0.4) is 0 Å². The average molecular weight is 280 g/mol. The quantitative estimate of drug-likeness (QED) is 0.703. The van der Waals surface area contributed by atoms with Crippen molar-refractivity contribution >= 4 is 17.8 Å². The van der Waals surface area contributed by atoms with Crippen LogP contribution in [0.5, 0.6) is 0 Å². The summed E-state index contributed by atoms with van der Waals surface area (Å²) in [7, 11) is 1.59. The number of amides is 2. The van der Waals surface area contributed by atoms with Crippen LogP contribution in [-0.4, -0.2) is 57.9 Å². The molecule has 3 N–H and O–H groups in total. The Balaban J connectivity index is 2.03. The van der Waals surface area contributed by atoms with Crippen LogP contribution in [0.1, 0.15) is 33.8 Å². The topological polar surface area (TPSA) is 115 Å².